The number of nitrogens with zero attached hydrogens (tertiary/aromatic N) is 4. The maximum absolute atomic E-state index is 14.2. The van der Waals surface area contributed by atoms with Gasteiger partial charge in [-0.1, -0.05) is 0 Å². The number of nitrogens with one attached hydrogen (secondary N) is 2. The number of hydrogen-bond donors (Lipinski definition) is 2. The van der Waals surface area contributed by atoms with Crippen LogP contribution in [0.4, 0.5) is 28.0 Å². The summed E-state index contributed by atoms with van der Waals surface area (Å²) in [5.41, 5.74) is 2.15. The number of benzene rings is 1. The van der Waals surface area contributed by atoms with E-state index in [-0.39, 0.29) is 29.8 Å². The van der Waals surface area contributed by atoms with Crippen LogP contribution >= 0.6 is 15.9 Å². The van der Waals surface area contributed by atoms with Gasteiger partial charge in [0.25, 0.3) is 6.43 Å². The summed E-state index contributed by atoms with van der Waals surface area (Å²) >= 11 is 2.81. The van der Waals surface area contributed by atoms with E-state index in [2.05, 4.69) is 31.7 Å². The highest BCUT2D eigenvalue weighted by molar-refractivity contribution is 9.10. The lowest BCUT2D eigenvalue weighted by Gasteiger charge is -2.27. The Labute approximate surface area is 207 Å². The predicted octanol–water partition coefficient (Wildman–Crippen LogP) is 3.07. The fourth-order valence-corrected chi connectivity index (χ4v) is 4.02. The maximum atomic E-state index is 14.2. The van der Waals surface area contributed by atoms with Crippen molar-refractivity contribution in [3.63, 3.8) is 0 Å². The van der Waals surface area contributed by atoms with Crippen LogP contribution in [0.3, 0.4) is 0 Å². The first-order valence-corrected chi connectivity index (χ1v) is 11.5. The minimum atomic E-state index is -2.53. The van der Waals surface area contributed by atoms with E-state index in [1.807, 2.05) is 0 Å². The fraction of sp³-hybridized carbons (Fsp3) is 0.476. The minimum absolute atomic E-state index is 0.0554. The van der Waals surface area contributed by atoms with E-state index in [1.165, 1.54) is 11.9 Å². The third kappa shape index (κ3) is 6.70. The second kappa shape index (κ2) is 11.8. The van der Waals surface area contributed by atoms with E-state index < -0.39 is 36.7 Å². The van der Waals surface area contributed by atoms with Crippen LogP contribution < -0.4 is 10.6 Å². The average Bonchev–Trinajstić information content (AvgIpc) is 3.13. The number of halogens is 5. The maximum Gasteiger partial charge on any atom is 0.322 e. The third-order valence-electron chi connectivity index (χ3n) is 5.46. The number of hydrogen-bond acceptors (Lipinski definition) is 5. The number of rotatable bonds is 10. The van der Waals surface area contributed by atoms with Gasteiger partial charge in [-0.25, -0.2) is 27.4 Å². The summed E-state index contributed by atoms with van der Waals surface area (Å²) in [6, 6.07) is 1.64. The van der Waals surface area contributed by atoms with Crippen LogP contribution in [0.5, 0.6) is 0 Å². The fourth-order valence-electron chi connectivity index (χ4n) is 3.67. The lowest BCUT2D eigenvalue weighted by atomic mass is 10.1. The zero-order valence-corrected chi connectivity index (χ0v) is 20.6. The highest BCUT2D eigenvalue weighted by atomic mass is 79.9. The van der Waals surface area contributed by atoms with Gasteiger partial charge < -0.3 is 15.5 Å². The first-order valence-electron chi connectivity index (χ1n) is 10.7. The molecule has 0 radical (unpaired) electrons. The molecule has 1 aliphatic heterocycles. The average molecular weight is 565 g/mol. The van der Waals surface area contributed by atoms with Gasteiger partial charge in [0, 0.05) is 37.8 Å². The van der Waals surface area contributed by atoms with Crippen molar-refractivity contribution in [2.75, 3.05) is 32.0 Å². The smallest absolute Gasteiger partial charge is 0.320 e. The van der Waals surface area contributed by atoms with E-state index in [4.69, 9.17) is 4.84 Å². The molecule has 35 heavy (non-hydrogen) atoms. The molecule has 14 heteroatoms. The van der Waals surface area contributed by atoms with E-state index in [0.29, 0.717) is 19.4 Å². The Morgan fingerprint density at radius 3 is 2.77 bits per heavy atom. The number of urea groups is 1. The van der Waals surface area contributed by atoms with Gasteiger partial charge in [-0.3, -0.25) is 14.3 Å². The molecule has 2 heterocycles. The monoisotopic (exact) mass is 564 g/mol. The molecule has 9 nitrogen and oxygen atoms in total. The van der Waals surface area contributed by atoms with Crippen LogP contribution in [0, 0.1) is 18.6 Å². The molecule has 0 saturated carbocycles. The van der Waals surface area contributed by atoms with Crippen LogP contribution in [0.2, 0.25) is 0 Å². The Kier molecular flexibility index (Phi) is 9.08. The van der Waals surface area contributed by atoms with Crippen molar-refractivity contribution >= 4 is 34.1 Å². The van der Waals surface area contributed by atoms with Crippen LogP contribution in [0.25, 0.3) is 0 Å². The molecule has 2 N–H and O–H groups in total. The third-order valence-corrected chi connectivity index (χ3v) is 6.18. The van der Waals surface area contributed by atoms with Crippen LogP contribution in [0.15, 0.2) is 16.6 Å². The number of carbonyl (C=O) groups excluding carboxylic acids is 2. The second-order valence-electron chi connectivity index (χ2n) is 7.95. The second-order valence-corrected chi connectivity index (χ2v) is 8.74. The van der Waals surface area contributed by atoms with E-state index in [9.17, 15) is 27.2 Å². The van der Waals surface area contributed by atoms with Gasteiger partial charge in [-0.15, -0.1) is 0 Å². The molecule has 3 rings (SSSR count). The summed E-state index contributed by atoms with van der Waals surface area (Å²) in [7, 11) is 1.40. The largest absolute Gasteiger partial charge is 0.322 e. The van der Waals surface area contributed by atoms with Crippen LogP contribution in [0.1, 0.15) is 17.0 Å². The summed E-state index contributed by atoms with van der Waals surface area (Å²) in [6.45, 7) is 2.04. The summed E-state index contributed by atoms with van der Waals surface area (Å²) in [5, 5.41) is 10.6. The molecule has 1 aromatic heterocycles. The van der Waals surface area contributed by atoms with Gasteiger partial charge >= 0.3 is 6.03 Å². The van der Waals surface area contributed by atoms with E-state index in [1.54, 1.807) is 11.6 Å². The molecule has 0 bridgehead atoms. The SMILES string of the molecule is Cc1c2c(nn1CC(CNCC(F)F)ON(C)C=O)CCN(C(=O)Nc1ccc(F)c(Br)c1F)C2. The molecule has 1 unspecified atom stereocenters. The van der Waals surface area contributed by atoms with Gasteiger partial charge in [0.2, 0.25) is 6.41 Å². The Hall–Kier alpha value is -2.71. The Morgan fingerprint density at radius 2 is 2.09 bits per heavy atom. The van der Waals surface area contributed by atoms with E-state index >= 15 is 0 Å². The Morgan fingerprint density at radius 1 is 1.34 bits per heavy atom. The normalized spacial score (nSPS) is 14.1. The lowest BCUT2D eigenvalue weighted by Crippen LogP contribution is -2.39. The molecule has 0 saturated heterocycles. The summed E-state index contributed by atoms with van der Waals surface area (Å²) in [6.07, 6.45) is -2.29. The highest BCUT2D eigenvalue weighted by Crippen LogP contribution is 2.27. The molecule has 0 spiro atoms. The van der Waals surface area contributed by atoms with Crippen molar-refractivity contribution in [3.8, 4) is 0 Å². The van der Waals surface area contributed by atoms with Crippen molar-refractivity contribution < 1.29 is 32.0 Å². The van der Waals surface area contributed by atoms with Crippen molar-refractivity contribution in [2.45, 2.75) is 39.0 Å². The molecule has 0 fully saturated rings. The van der Waals surface area contributed by atoms with Gasteiger partial charge in [-0.05, 0) is 35.0 Å². The minimum Gasteiger partial charge on any atom is -0.320 e. The van der Waals surface area contributed by atoms with Gasteiger partial charge in [-0.2, -0.15) is 5.10 Å². The van der Waals surface area contributed by atoms with E-state index in [0.717, 1.165) is 34.1 Å². The number of hydroxylamine groups is 2. The van der Waals surface area contributed by atoms with Gasteiger partial charge in [0.05, 0.1) is 35.5 Å². The molecular formula is C21H25BrF4N6O3. The van der Waals surface area contributed by atoms with Crippen LogP contribution in [-0.4, -0.2) is 71.4 Å². The molecular weight excluding hydrogens is 540 g/mol. The molecule has 1 aliphatic rings. The zero-order chi connectivity index (χ0) is 25.7. The van der Waals surface area contributed by atoms with Crippen molar-refractivity contribution in [2.24, 2.45) is 0 Å². The number of fused-ring (bicyclic) bond motifs is 1. The van der Waals surface area contributed by atoms with Gasteiger partial charge in [0.1, 0.15) is 11.9 Å². The summed E-state index contributed by atoms with van der Waals surface area (Å²) < 4.78 is 54.0. The Balaban J connectivity index is 1.70. The Bertz CT molecular complexity index is 1070. The van der Waals surface area contributed by atoms with Crippen molar-refractivity contribution in [1.82, 2.24) is 25.1 Å². The highest BCUT2D eigenvalue weighted by Gasteiger charge is 2.27. The number of amides is 3. The predicted molar refractivity (Wildman–Crippen MR) is 122 cm³/mol. The van der Waals surface area contributed by atoms with Crippen molar-refractivity contribution in [1.29, 1.82) is 0 Å². The number of alkyl halides is 2. The molecule has 2 aromatic rings. The first-order chi connectivity index (χ1) is 16.6. The van der Waals surface area contributed by atoms with Crippen LogP contribution in [-0.2, 0) is 29.1 Å². The van der Waals surface area contributed by atoms with Crippen molar-refractivity contribution in [3.05, 3.63) is 45.2 Å². The quantitative estimate of drug-likeness (QED) is 0.200. The molecule has 3 amide bonds. The number of anilines is 1. The zero-order valence-electron chi connectivity index (χ0n) is 19.0. The topological polar surface area (TPSA) is 91.7 Å². The number of carbonyl (C=O) groups is 2. The molecule has 0 aliphatic carbocycles. The number of aromatic nitrogens is 2. The standard InChI is InChI=1S/C21H25BrF4N6O3/c1-12-14-10-31(21(34)28-17-4-3-15(23)19(22)20(17)26)6-5-16(14)29-32(12)9-13(35-30(2)11-33)7-27-8-18(24)25/h3-4,11,13,18,27H,5-10H2,1-2H3,(H,28,34). The lowest BCUT2D eigenvalue weighted by molar-refractivity contribution is -0.185. The molecule has 1 atom stereocenters. The summed E-state index contributed by atoms with van der Waals surface area (Å²) in [5.74, 6) is -1.69. The summed E-state index contributed by atoms with van der Waals surface area (Å²) in [4.78, 5) is 30.6. The molecule has 192 valence electrons. The first kappa shape index (κ1) is 26.9. The molecule has 1 aromatic carbocycles. The van der Waals surface area contributed by atoms with Gasteiger partial charge in [0.15, 0.2) is 5.82 Å².